The third-order valence-corrected chi connectivity index (χ3v) is 3.61. The Hall–Kier alpha value is -2.65. The summed E-state index contributed by atoms with van der Waals surface area (Å²) in [6.07, 6.45) is 7.16. The SMILES string of the molecule is N#C/C(=C1/N=C2C=CC=CN2/C1=N\O)c1ccc(Br)cc1. The second-order valence-electron chi connectivity index (χ2n) is 4.31. The Bertz CT molecular complexity index is 779. The Morgan fingerprint density at radius 1 is 1.29 bits per heavy atom. The molecule has 6 heteroatoms. The number of fused-ring (bicyclic) bond motifs is 1. The van der Waals surface area contributed by atoms with Crippen LogP contribution < -0.4 is 0 Å². The molecule has 2 heterocycles. The zero-order chi connectivity index (χ0) is 14.8. The van der Waals surface area contributed by atoms with Crippen molar-refractivity contribution in [2.45, 2.75) is 0 Å². The van der Waals surface area contributed by atoms with Crippen LogP contribution in [0.25, 0.3) is 5.57 Å². The summed E-state index contributed by atoms with van der Waals surface area (Å²) in [4.78, 5) is 6.02. The number of aliphatic imine (C=N–C) groups is 1. The maximum Gasteiger partial charge on any atom is 0.205 e. The number of nitrogens with zero attached hydrogens (tertiary/aromatic N) is 4. The highest BCUT2D eigenvalue weighted by atomic mass is 79.9. The van der Waals surface area contributed by atoms with Gasteiger partial charge in [-0.1, -0.05) is 39.3 Å². The number of hydrogen-bond donors (Lipinski definition) is 1. The number of nitriles is 1. The second-order valence-corrected chi connectivity index (χ2v) is 5.22. The van der Waals surface area contributed by atoms with E-state index >= 15 is 0 Å². The molecule has 0 saturated heterocycles. The van der Waals surface area contributed by atoms with Crippen molar-refractivity contribution in [1.82, 2.24) is 4.90 Å². The summed E-state index contributed by atoms with van der Waals surface area (Å²) in [5.41, 5.74) is 1.43. The molecule has 2 aliphatic rings. The second kappa shape index (κ2) is 5.38. The van der Waals surface area contributed by atoms with Crippen LogP contribution in [0.4, 0.5) is 0 Å². The Morgan fingerprint density at radius 2 is 2.05 bits per heavy atom. The molecule has 2 aliphatic heterocycles. The fourth-order valence-electron chi connectivity index (χ4n) is 2.12. The monoisotopic (exact) mass is 340 g/mol. The average molecular weight is 341 g/mol. The number of hydrogen-bond acceptors (Lipinski definition) is 4. The number of halogens is 1. The van der Waals surface area contributed by atoms with Crippen molar-refractivity contribution < 1.29 is 5.21 Å². The first-order valence-corrected chi connectivity index (χ1v) is 6.89. The van der Waals surface area contributed by atoms with Crippen LogP contribution in [0.1, 0.15) is 5.56 Å². The van der Waals surface area contributed by atoms with Crippen LogP contribution in [0.3, 0.4) is 0 Å². The van der Waals surface area contributed by atoms with Crippen molar-refractivity contribution in [3.63, 3.8) is 0 Å². The molecule has 3 rings (SSSR count). The van der Waals surface area contributed by atoms with Gasteiger partial charge in [-0.3, -0.25) is 4.90 Å². The number of allylic oxidation sites excluding steroid dienone is 3. The zero-order valence-corrected chi connectivity index (χ0v) is 12.3. The molecule has 1 aromatic rings. The average Bonchev–Trinajstić information content (AvgIpc) is 2.88. The van der Waals surface area contributed by atoms with E-state index in [1.165, 1.54) is 0 Å². The third kappa shape index (κ3) is 2.28. The van der Waals surface area contributed by atoms with Crippen LogP contribution in [0, 0.1) is 11.3 Å². The van der Waals surface area contributed by atoms with Gasteiger partial charge in [0.15, 0.2) is 0 Å². The molecular weight excluding hydrogens is 332 g/mol. The van der Waals surface area contributed by atoms with E-state index < -0.39 is 0 Å². The molecule has 102 valence electrons. The number of benzene rings is 1. The summed E-state index contributed by atoms with van der Waals surface area (Å²) >= 11 is 3.36. The number of rotatable bonds is 1. The number of oxime groups is 1. The molecule has 1 aromatic carbocycles. The summed E-state index contributed by atoms with van der Waals surface area (Å²) in [7, 11) is 0. The Labute approximate surface area is 129 Å². The predicted octanol–water partition coefficient (Wildman–Crippen LogP) is 3.27. The Kier molecular flexibility index (Phi) is 3.42. The third-order valence-electron chi connectivity index (χ3n) is 3.08. The van der Waals surface area contributed by atoms with Gasteiger partial charge in [0.25, 0.3) is 0 Å². The van der Waals surface area contributed by atoms with Gasteiger partial charge in [-0.2, -0.15) is 5.26 Å². The van der Waals surface area contributed by atoms with E-state index in [9.17, 15) is 10.5 Å². The molecule has 0 unspecified atom stereocenters. The fraction of sp³-hybridized carbons (Fsp3) is 0. The molecule has 0 aromatic heterocycles. The lowest BCUT2D eigenvalue weighted by Crippen LogP contribution is -2.27. The van der Waals surface area contributed by atoms with E-state index in [1.54, 1.807) is 23.3 Å². The summed E-state index contributed by atoms with van der Waals surface area (Å²) in [6.45, 7) is 0. The zero-order valence-electron chi connectivity index (χ0n) is 10.7. The van der Waals surface area contributed by atoms with Crippen LogP contribution in [0.5, 0.6) is 0 Å². The standard InChI is InChI=1S/C15H9BrN4O/c16-11-6-4-10(5-7-11)12(9-17)14-15(19-21)20-8-2-1-3-13(20)18-14/h1-8,21H/b14-12-,19-15-. The van der Waals surface area contributed by atoms with Gasteiger partial charge in [-0.15, -0.1) is 0 Å². The van der Waals surface area contributed by atoms with Crippen LogP contribution >= 0.6 is 15.9 Å². The molecule has 0 aliphatic carbocycles. The molecule has 0 saturated carbocycles. The van der Waals surface area contributed by atoms with Gasteiger partial charge in [0, 0.05) is 10.7 Å². The van der Waals surface area contributed by atoms with Gasteiger partial charge in [0.2, 0.25) is 5.84 Å². The topological polar surface area (TPSA) is 72.0 Å². The van der Waals surface area contributed by atoms with E-state index in [4.69, 9.17) is 0 Å². The van der Waals surface area contributed by atoms with Gasteiger partial charge < -0.3 is 5.21 Å². The highest BCUT2D eigenvalue weighted by molar-refractivity contribution is 9.10. The molecule has 21 heavy (non-hydrogen) atoms. The minimum atomic E-state index is 0.241. The van der Waals surface area contributed by atoms with Crippen LogP contribution in [-0.2, 0) is 0 Å². The molecule has 0 atom stereocenters. The molecule has 5 nitrogen and oxygen atoms in total. The first-order valence-electron chi connectivity index (χ1n) is 6.10. The van der Waals surface area contributed by atoms with Crippen molar-refractivity contribution in [3.05, 3.63) is 64.4 Å². The van der Waals surface area contributed by atoms with Gasteiger partial charge in [-0.25, -0.2) is 4.99 Å². The maximum atomic E-state index is 9.48. The first kappa shape index (κ1) is 13.3. The van der Waals surface area contributed by atoms with Crippen LogP contribution in [-0.4, -0.2) is 21.8 Å². The molecule has 1 N–H and O–H groups in total. The largest absolute Gasteiger partial charge is 0.409 e. The van der Waals surface area contributed by atoms with Gasteiger partial charge in [0.1, 0.15) is 17.6 Å². The van der Waals surface area contributed by atoms with Crippen molar-refractivity contribution in [2.75, 3.05) is 0 Å². The minimum absolute atomic E-state index is 0.241. The fourth-order valence-corrected chi connectivity index (χ4v) is 2.38. The summed E-state index contributed by atoms with van der Waals surface area (Å²) in [6, 6.07) is 9.46. The molecule has 0 spiro atoms. The van der Waals surface area contributed by atoms with Crippen molar-refractivity contribution in [1.29, 1.82) is 5.26 Å². The Morgan fingerprint density at radius 3 is 2.71 bits per heavy atom. The van der Waals surface area contributed by atoms with Crippen molar-refractivity contribution in [2.24, 2.45) is 10.1 Å². The molecule has 0 bridgehead atoms. The van der Waals surface area contributed by atoms with E-state index in [0.717, 1.165) is 4.47 Å². The van der Waals surface area contributed by atoms with E-state index in [0.29, 0.717) is 22.7 Å². The molecule has 0 fully saturated rings. The van der Waals surface area contributed by atoms with Gasteiger partial charge in [-0.05, 0) is 29.8 Å². The lowest BCUT2D eigenvalue weighted by molar-refractivity contribution is 0.314. The minimum Gasteiger partial charge on any atom is -0.409 e. The maximum absolute atomic E-state index is 9.48. The lowest BCUT2D eigenvalue weighted by Gasteiger charge is -2.14. The van der Waals surface area contributed by atoms with Crippen molar-refractivity contribution in [3.8, 4) is 6.07 Å². The molecular formula is C15H9BrN4O. The Balaban J connectivity index is 2.17. The highest BCUT2D eigenvalue weighted by Crippen LogP contribution is 2.28. The lowest BCUT2D eigenvalue weighted by atomic mass is 10.0. The van der Waals surface area contributed by atoms with Crippen molar-refractivity contribution >= 4 is 33.2 Å². The quantitative estimate of drug-likeness (QED) is 0.484. The summed E-state index contributed by atoms with van der Waals surface area (Å²) < 4.78 is 0.922. The predicted molar refractivity (Wildman–Crippen MR) is 83.5 cm³/mol. The van der Waals surface area contributed by atoms with E-state index in [2.05, 4.69) is 32.1 Å². The van der Waals surface area contributed by atoms with Crippen LogP contribution in [0.15, 0.2) is 69.0 Å². The smallest absolute Gasteiger partial charge is 0.205 e. The number of amidine groups is 2. The molecule has 0 amide bonds. The van der Waals surface area contributed by atoms with E-state index in [-0.39, 0.29) is 5.84 Å². The first-order chi connectivity index (χ1) is 10.2. The molecule has 0 radical (unpaired) electrons. The van der Waals surface area contributed by atoms with Crippen LogP contribution in [0.2, 0.25) is 0 Å². The normalized spacial score (nSPS) is 20.3. The van der Waals surface area contributed by atoms with Gasteiger partial charge >= 0.3 is 0 Å². The summed E-state index contributed by atoms with van der Waals surface area (Å²) in [5, 5.41) is 22.0. The van der Waals surface area contributed by atoms with Gasteiger partial charge in [0.05, 0.1) is 5.57 Å². The summed E-state index contributed by atoms with van der Waals surface area (Å²) in [5.74, 6) is 0.857. The highest BCUT2D eigenvalue weighted by Gasteiger charge is 2.30. The van der Waals surface area contributed by atoms with E-state index in [1.807, 2.05) is 30.3 Å².